The summed E-state index contributed by atoms with van der Waals surface area (Å²) in [6.07, 6.45) is -1.30. The van der Waals surface area contributed by atoms with Crippen LogP contribution in [-0.4, -0.2) is 17.3 Å². The second kappa shape index (κ2) is 5.32. The highest BCUT2D eigenvalue weighted by Gasteiger charge is 2.35. The van der Waals surface area contributed by atoms with Crippen LogP contribution in [0.3, 0.4) is 0 Å². The quantitative estimate of drug-likeness (QED) is 0.866. The molecule has 1 aromatic rings. The fourth-order valence-electron chi connectivity index (χ4n) is 2.37. The van der Waals surface area contributed by atoms with Crippen molar-refractivity contribution in [2.75, 3.05) is 11.9 Å². The van der Waals surface area contributed by atoms with Crippen molar-refractivity contribution < 1.29 is 18.3 Å². The van der Waals surface area contributed by atoms with Gasteiger partial charge < -0.3 is 10.4 Å². The van der Waals surface area contributed by atoms with Crippen LogP contribution in [-0.2, 0) is 6.18 Å². The summed E-state index contributed by atoms with van der Waals surface area (Å²) < 4.78 is 39.1. The Bertz CT molecular complexity index is 456. The first kappa shape index (κ1) is 14.7. The van der Waals surface area contributed by atoms with Crippen LogP contribution in [0.2, 0.25) is 0 Å². The predicted molar refractivity (Wildman–Crippen MR) is 71.1 cm³/mol. The van der Waals surface area contributed by atoms with Crippen molar-refractivity contribution in [3.05, 3.63) is 28.2 Å². The van der Waals surface area contributed by atoms with Crippen LogP contribution in [0.15, 0.2) is 22.7 Å². The molecule has 19 heavy (non-hydrogen) atoms. The van der Waals surface area contributed by atoms with Crippen molar-refractivity contribution in [1.29, 1.82) is 0 Å². The Labute approximate surface area is 118 Å². The number of aliphatic hydroxyl groups is 1. The zero-order valence-electron chi connectivity index (χ0n) is 10.2. The first-order valence-corrected chi connectivity index (χ1v) is 6.92. The average molecular weight is 338 g/mol. The normalized spacial score (nSPS) is 18.6. The van der Waals surface area contributed by atoms with Crippen molar-refractivity contribution in [2.24, 2.45) is 0 Å². The van der Waals surface area contributed by atoms with E-state index in [9.17, 15) is 18.3 Å². The Hall–Kier alpha value is -0.750. The SMILES string of the molecule is OC1(CNc2ccc(Br)cc2C(F)(F)F)CCCC1. The molecule has 0 bridgehead atoms. The molecule has 0 spiro atoms. The van der Waals surface area contributed by atoms with Gasteiger partial charge in [-0.1, -0.05) is 28.8 Å². The van der Waals surface area contributed by atoms with Crippen LogP contribution in [0.25, 0.3) is 0 Å². The van der Waals surface area contributed by atoms with Gasteiger partial charge in [0, 0.05) is 16.7 Å². The molecular formula is C13H15BrF3NO. The van der Waals surface area contributed by atoms with Crippen molar-refractivity contribution in [3.8, 4) is 0 Å². The van der Waals surface area contributed by atoms with Crippen molar-refractivity contribution in [3.63, 3.8) is 0 Å². The highest BCUT2D eigenvalue weighted by Crippen LogP contribution is 2.37. The summed E-state index contributed by atoms with van der Waals surface area (Å²) in [7, 11) is 0. The number of hydrogen-bond acceptors (Lipinski definition) is 2. The lowest BCUT2D eigenvalue weighted by Crippen LogP contribution is -2.34. The fourth-order valence-corrected chi connectivity index (χ4v) is 2.74. The molecule has 2 nitrogen and oxygen atoms in total. The molecule has 1 aromatic carbocycles. The highest BCUT2D eigenvalue weighted by atomic mass is 79.9. The van der Waals surface area contributed by atoms with E-state index in [1.165, 1.54) is 6.07 Å². The van der Waals surface area contributed by atoms with E-state index in [1.54, 1.807) is 6.07 Å². The molecule has 0 unspecified atom stereocenters. The maximum Gasteiger partial charge on any atom is 0.418 e. The van der Waals surface area contributed by atoms with Crippen LogP contribution < -0.4 is 5.32 Å². The van der Waals surface area contributed by atoms with E-state index in [2.05, 4.69) is 21.2 Å². The zero-order chi connectivity index (χ0) is 14.1. The Kier molecular flexibility index (Phi) is 4.11. The molecule has 0 saturated heterocycles. The fraction of sp³-hybridized carbons (Fsp3) is 0.538. The van der Waals surface area contributed by atoms with E-state index >= 15 is 0 Å². The van der Waals surface area contributed by atoms with Gasteiger partial charge in [0.15, 0.2) is 0 Å². The molecule has 106 valence electrons. The first-order valence-electron chi connectivity index (χ1n) is 6.13. The molecule has 0 atom stereocenters. The van der Waals surface area contributed by atoms with E-state index in [0.29, 0.717) is 17.3 Å². The first-order chi connectivity index (χ1) is 8.80. The number of anilines is 1. The van der Waals surface area contributed by atoms with Gasteiger partial charge >= 0.3 is 6.18 Å². The van der Waals surface area contributed by atoms with Gasteiger partial charge in [-0.25, -0.2) is 0 Å². The van der Waals surface area contributed by atoms with E-state index < -0.39 is 17.3 Å². The van der Waals surface area contributed by atoms with Gasteiger partial charge in [-0.3, -0.25) is 0 Å². The van der Waals surface area contributed by atoms with Crippen LogP contribution in [0.5, 0.6) is 0 Å². The molecule has 6 heteroatoms. The minimum Gasteiger partial charge on any atom is -0.388 e. The van der Waals surface area contributed by atoms with Crippen LogP contribution >= 0.6 is 15.9 Å². The number of benzene rings is 1. The van der Waals surface area contributed by atoms with Crippen molar-refractivity contribution in [2.45, 2.75) is 37.5 Å². The molecule has 2 rings (SSSR count). The second-order valence-electron chi connectivity index (χ2n) is 4.97. The molecule has 2 N–H and O–H groups in total. The molecule has 1 aliphatic rings. The number of hydrogen-bond donors (Lipinski definition) is 2. The summed E-state index contributed by atoms with van der Waals surface area (Å²) in [5.74, 6) is 0. The lowest BCUT2D eigenvalue weighted by atomic mass is 10.0. The molecule has 1 aliphatic carbocycles. The predicted octanol–water partition coefficient (Wildman–Crippen LogP) is 4.18. The van der Waals surface area contributed by atoms with E-state index in [1.807, 2.05) is 0 Å². The van der Waals surface area contributed by atoms with Gasteiger partial charge in [-0.15, -0.1) is 0 Å². The average Bonchev–Trinajstić information content (AvgIpc) is 2.74. The van der Waals surface area contributed by atoms with Gasteiger partial charge in [0.05, 0.1) is 11.2 Å². The largest absolute Gasteiger partial charge is 0.418 e. The second-order valence-corrected chi connectivity index (χ2v) is 5.89. The Morgan fingerprint density at radius 2 is 1.89 bits per heavy atom. The van der Waals surface area contributed by atoms with Gasteiger partial charge in [0.25, 0.3) is 0 Å². The van der Waals surface area contributed by atoms with E-state index in [4.69, 9.17) is 0 Å². The van der Waals surface area contributed by atoms with Gasteiger partial charge in [0.2, 0.25) is 0 Å². The highest BCUT2D eigenvalue weighted by molar-refractivity contribution is 9.10. The van der Waals surface area contributed by atoms with E-state index in [-0.39, 0.29) is 12.2 Å². The Morgan fingerprint density at radius 3 is 2.47 bits per heavy atom. The van der Waals surface area contributed by atoms with Gasteiger partial charge in [-0.2, -0.15) is 13.2 Å². The summed E-state index contributed by atoms with van der Waals surface area (Å²) in [5.41, 5.74) is -1.59. The van der Waals surface area contributed by atoms with Crippen LogP contribution in [0, 0.1) is 0 Å². The Balaban J connectivity index is 2.16. The number of alkyl halides is 3. The van der Waals surface area contributed by atoms with Gasteiger partial charge in [-0.05, 0) is 31.0 Å². The number of nitrogens with one attached hydrogen (secondary N) is 1. The molecule has 0 aliphatic heterocycles. The summed E-state index contributed by atoms with van der Waals surface area (Å²) in [4.78, 5) is 0. The summed E-state index contributed by atoms with van der Waals surface area (Å²) in [6.45, 7) is 0.151. The molecule has 1 saturated carbocycles. The molecule has 0 amide bonds. The lowest BCUT2D eigenvalue weighted by Gasteiger charge is -2.24. The maximum atomic E-state index is 12.9. The Morgan fingerprint density at radius 1 is 1.26 bits per heavy atom. The van der Waals surface area contributed by atoms with Gasteiger partial charge in [0.1, 0.15) is 0 Å². The third-order valence-corrected chi connectivity index (χ3v) is 3.92. The minimum atomic E-state index is -4.41. The molecule has 0 radical (unpaired) electrons. The molecule has 0 aromatic heterocycles. The minimum absolute atomic E-state index is 0.0102. The van der Waals surface area contributed by atoms with Crippen molar-refractivity contribution >= 4 is 21.6 Å². The number of halogens is 4. The standard InChI is InChI=1S/C13H15BrF3NO/c14-9-3-4-11(10(7-9)13(15,16)17)18-8-12(19)5-1-2-6-12/h3-4,7,18-19H,1-2,5-6,8H2. The topological polar surface area (TPSA) is 32.3 Å². The van der Waals surface area contributed by atoms with Crippen molar-refractivity contribution in [1.82, 2.24) is 0 Å². The van der Waals surface area contributed by atoms with Crippen LogP contribution in [0.1, 0.15) is 31.2 Å². The molecule has 1 fully saturated rings. The maximum absolute atomic E-state index is 12.9. The third kappa shape index (κ3) is 3.63. The lowest BCUT2D eigenvalue weighted by molar-refractivity contribution is -0.137. The zero-order valence-corrected chi connectivity index (χ0v) is 11.8. The summed E-state index contributed by atoms with van der Waals surface area (Å²) in [6, 6.07) is 3.97. The summed E-state index contributed by atoms with van der Waals surface area (Å²) >= 11 is 3.04. The summed E-state index contributed by atoms with van der Waals surface area (Å²) in [5, 5.41) is 12.9. The molecular weight excluding hydrogens is 323 g/mol. The third-order valence-electron chi connectivity index (χ3n) is 3.43. The van der Waals surface area contributed by atoms with E-state index in [0.717, 1.165) is 18.9 Å². The number of rotatable bonds is 3. The monoisotopic (exact) mass is 337 g/mol. The smallest absolute Gasteiger partial charge is 0.388 e. The molecule has 0 heterocycles. The van der Waals surface area contributed by atoms with Crippen LogP contribution in [0.4, 0.5) is 18.9 Å².